The molecule has 1 aliphatic rings. The van der Waals surface area contributed by atoms with Crippen molar-refractivity contribution >= 4 is 55.8 Å². The van der Waals surface area contributed by atoms with Crippen molar-refractivity contribution < 1.29 is 9.59 Å². The van der Waals surface area contributed by atoms with Gasteiger partial charge in [0.25, 0.3) is 0 Å². The first-order valence-electron chi connectivity index (χ1n) is 8.65. The molecule has 1 fully saturated rings. The molecule has 4 rings (SSSR count). The molecule has 0 aliphatic carbocycles. The van der Waals surface area contributed by atoms with Crippen molar-refractivity contribution in [1.29, 1.82) is 0 Å². The maximum Gasteiger partial charge on any atom is 0.231 e. The van der Waals surface area contributed by atoms with Gasteiger partial charge in [-0.05, 0) is 49.2 Å². The topological polar surface area (TPSA) is 62.3 Å². The van der Waals surface area contributed by atoms with Gasteiger partial charge in [0.05, 0.1) is 16.1 Å². The molecule has 0 unspecified atom stereocenters. The minimum atomic E-state index is -0.411. The van der Waals surface area contributed by atoms with Gasteiger partial charge in [0.15, 0.2) is 5.13 Å². The Labute approximate surface area is 166 Å². The van der Waals surface area contributed by atoms with E-state index in [4.69, 9.17) is 11.6 Å². The predicted octanol–water partition coefficient (Wildman–Crippen LogP) is 4.56. The summed E-state index contributed by atoms with van der Waals surface area (Å²) in [5.41, 5.74) is 3.88. The molecule has 1 saturated heterocycles. The van der Waals surface area contributed by atoms with E-state index in [9.17, 15) is 9.59 Å². The first kappa shape index (κ1) is 17.9. The Kier molecular flexibility index (Phi) is 4.61. The molecule has 27 heavy (non-hydrogen) atoms. The predicted molar refractivity (Wildman–Crippen MR) is 110 cm³/mol. The van der Waals surface area contributed by atoms with Crippen molar-refractivity contribution in [3.63, 3.8) is 0 Å². The molecule has 3 aromatic rings. The van der Waals surface area contributed by atoms with Crippen molar-refractivity contribution in [2.45, 2.75) is 20.3 Å². The summed E-state index contributed by atoms with van der Waals surface area (Å²) in [6.07, 6.45) is 0.182. The molecule has 1 N–H and O–H groups in total. The number of nitrogens with zero attached hydrogens (tertiary/aromatic N) is 2. The number of aromatic nitrogens is 1. The van der Waals surface area contributed by atoms with Gasteiger partial charge in [0.1, 0.15) is 0 Å². The van der Waals surface area contributed by atoms with E-state index in [1.54, 1.807) is 23.1 Å². The van der Waals surface area contributed by atoms with Crippen molar-refractivity contribution in [1.82, 2.24) is 4.98 Å². The molecule has 0 bridgehead atoms. The van der Waals surface area contributed by atoms with E-state index in [1.807, 2.05) is 19.9 Å². The lowest BCUT2D eigenvalue weighted by Gasteiger charge is -2.16. The summed E-state index contributed by atoms with van der Waals surface area (Å²) in [6.45, 7) is 4.40. The maximum atomic E-state index is 12.7. The van der Waals surface area contributed by atoms with Crippen LogP contribution in [0.1, 0.15) is 17.5 Å². The molecule has 5 nitrogen and oxygen atoms in total. The van der Waals surface area contributed by atoms with Gasteiger partial charge in [-0.15, -0.1) is 0 Å². The lowest BCUT2D eigenvalue weighted by Crippen LogP contribution is -2.28. The summed E-state index contributed by atoms with van der Waals surface area (Å²) >= 11 is 7.47. The first-order chi connectivity index (χ1) is 12.9. The SMILES string of the molecule is Cc1cc(C)c2nc(NC(=O)[C@H]3CC(=O)N(c4cccc(Cl)c4)C3)sc2c1. The summed E-state index contributed by atoms with van der Waals surface area (Å²) in [5.74, 6) is -0.666. The number of rotatable bonds is 3. The van der Waals surface area contributed by atoms with Gasteiger partial charge in [-0.3, -0.25) is 9.59 Å². The van der Waals surface area contributed by atoms with E-state index in [1.165, 1.54) is 16.9 Å². The van der Waals surface area contributed by atoms with Crippen LogP contribution in [0.2, 0.25) is 5.02 Å². The van der Waals surface area contributed by atoms with Crippen LogP contribution >= 0.6 is 22.9 Å². The second-order valence-corrected chi connectivity index (χ2v) is 8.29. The van der Waals surface area contributed by atoms with E-state index in [0.29, 0.717) is 22.4 Å². The number of fused-ring (bicyclic) bond motifs is 1. The second-order valence-electron chi connectivity index (χ2n) is 6.82. The van der Waals surface area contributed by atoms with Crippen LogP contribution < -0.4 is 10.2 Å². The fourth-order valence-electron chi connectivity index (χ4n) is 3.41. The van der Waals surface area contributed by atoms with Crippen molar-refractivity contribution in [3.05, 3.63) is 52.5 Å². The molecular weight excluding hydrogens is 382 g/mol. The largest absolute Gasteiger partial charge is 0.312 e. The van der Waals surface area contributed by atoms with E-state index >= 15 is 0 Å². The lowest BCUT2D eigenvalue weighted by atomic mass is 10.1. The number of benzene rings is 2. The second kappa shape index (κ2) is 6.94. The number of nitrogens with one attached hydrogen (secondary N) is 1. The highest BCUT2D eigenvalue weighted by atomic mass is 35.5. The van der Waals surface area contributed by atoms with Crippen LogP contribution in [0.25, 0.3) is 10.2 Å². The Morgan fingerprint density at radius 2 is 2.11 bits per heavy atom. The Hall–Kier alpha value is -2.44. The fourth-order valence-corrected chi connectivity index (χ4v) is 4.64. The number of carbonyl (C=O) groups is 2. The van der Waals surface area contributed by atoms with Crippen molar-refractivity contribution in [2.75, 3.05) is 16.8 Å². The number of hydrogen-bond donors (Lipinski definition) is 1. The number of amides is 2. The molecule has 2 heterocycles. The van der Waals surface area contributed by atoms with Gasteiger partial charge in [-0.25, -0.2) is 4.98 Å². The van der Waals surface area contributed by atoms with Crippen LogP contribution in [0.5, 0.6) is 0 Å². The molecule has 1 aliphatic heterocycles. The molecule has 2 amide bonds. The molecular formula is C20H18ClN3O2S. The Bertz CT molecular complexity index is 1060. The van der Waals surface area contributed by atoms with E-state index in [-0.39, 0.29) is 18.2 Å². The van der Waals surface area contributed by atoms with Crippen LogP contribution in [0.3, 0.4) is 0 Å². The number of anilines is 2. The zero-order valence-electron chi connectivity index (χ0n) is 15.0. The molecule has 2 aromatic carbocycles. The highest BCUT2D eigenvalue weighted by Gasteiger charge is 2.35. The third-order valence-corrected chi connectivity index (χ3v) is 5.83. The summed E-state index contributed by atoms with van der Waals surface area (Å²) in [4.78, 5) is 31.2. The molecule has 0 saturated carbocycles. The quantitative estimate of drug-likeness (QED) is 0.702. The van der Waals surface area contributed by atoms with Gasteiger partial charge < -0.3 is 10.2 Å². The van der Waals surface area contributed by atoms with E-state index in [0.717, 1.165) is 15.8 Å². The van der Waals surface area contributed by atoms with Crippen LogP contribution in [0.15, 0.2) is 36.4 Å². The van der Waals surface area contributed by atoms with Crippen LogP contribution in [0, 0.1) is 19.8 Å². The molecule has 1 atom stereocenters. The van der Waals surface area contributed by atoms with Gasteiger partial charge >= 0.3 is 0 Å². The average Bonchev–Trinajstić information content (AvgIpc) is 3.18. The van der Waals surface area contributed by atoms with Crippen LogP contribution in [0.4, 0.5) is 10.8 Å². The Balaban J connectivity index is 1.51. The average molecular weight is 400 g/mol. The molecule has 0 spiro atoms. The highest BCUT2D eigenvalue weighted by molar-refractivity contribution is 7.22. The van der Waals surface area contributed by atoms with E-state index in [2.05, 4.69) is 22.4 Å². The number of aryl methyl sites for hydroxylation is 2. The van der Waals surface area contributed by atoms with Crippen molar-refractivity contribution in [2.24, 2.45) is 5.92 Å². The molecule has 7 heteroatoms. The minimum absolute atomic E-state index is 0.0758. The summed E-state index contributed by atoms with van der Waals surface area (Å²) in [6, 6.07) is 11.2. The van der Waals surface area contributed by atoms with Gasteiger partial charge in [-0.1, -0.05) is 35.1 Å². The highest BCUT2D eigenvalue weighted by Crippen LogP contribution is 2.31. The van der Waals surface area contributed by atoms with Gasteiger partial charge in [-0.2, -0.15) is 0 Å². The standard InChI is InChI=1S/C20H18ClN3O2S/c1-11-6-12(2)18-16(7-11)27-20(22-18)23-19(26)13-8-17(25)24(10-13)15-5-3-4-14(21)9-15/h3-7,9,13H,8,10H2,1-2H3,(H,22,23,26)/t13-/m0/s1. The number of carbonyl (C=O) groups excluding carboxylic acids is 2. The number of halogens is 1. The maximum absolute atomic E-state index is 12.7. The zero-order valence-corrected chi connectivity index (χ0v) is 16.5. The summed E-state index contributed by atoms with van der Waals surface area (Å²) in [5, 5.41) is 4.02. The van der Waals surface area contributed by atoms with E-state index < -0.39 is 5.92 Å². The summed E-state index contributed by atoms with van der Waals surface area (Å²) in [7, 11) is 0. The molecule has 138 valence electrons. The van der Waals surface area contributed by atoms with Crippen LogP contribution in [-0.4, -0.2) is 23.3 Å². The lowest BCUT2D eigenvalue weighted by molar-refractivity contribution is -0.122. The Morgan fingerprint density at radius 1 is 1.30 bits per heavy atom. The molecule has 0 radical (unpaired) electrons. The Morgan fingerprint density at radius 3 is 2.89 bits per heavy atom. The van der Waals surface area contributed by atoms with Gasteiger partial charge in [0.2, 0.25) is 11.8 Å². The smallest absolute Gasteiger partial charge is 0.231 e. The third kappa shape index (κ3) is 3.55. The zero-order chi connectivity index (χ0) is 19.1. The minimum Gasteiger partial charge on any atom is -0.312 e. The first-order valence-corrected chi connectivity index (χ1v) is 9.85. The summed E-state index contributed by atoms with van der Waals surface area (Å²) < 4.78 is 1.05. The van der Waals surface area contributed by atoms with Gasteiger partial charge in [0, 0.05) is 23.7 Å². The third-order valence-electron chi connectivity index (χ3n) is 4.68. The fraction of sp³-hybridized carbons (Fsp3) is 0.250. The monoisotopic (exact) mass is 399 g/mol. The van der Waals surface area contributed by atoms with Crippen LogP contribution in [-0.2, 0) is 9.59 Å². The number of thiazole rings is 1. The molecule has 1 aromatic heterocycles. The van der Waals surface area contributed by atoms with Crippen molar-refractivity contribution in [3.8, 4) is 0 Å². The number of hydrogen-bond acceptors (Lipinski definition) is 4. The normalized spacial score (nSPS) is 16.9.